The van der Waals surface area contributed by atoms with Gasteiger partial charge in [-0.3, -0.25) is 9.69 Å². The van der Waals surface area contributed by atoms with E-state index in [-0.39, 0.29) is 5.91 Å². The molecule has 1 fully saturated rings. The van der Waals surface area contributed by atoms with E-state index in [0.29, 0.717) is 27.4 Å². The Morgan fingerprint density at radius 1 is 1.20 bits per heavy atom. The van der Waals surface area contributed by atoms with Gasteiger partial charge in [0.2, 0.25) is 0 Å². The number of aromatic nitrogens is 1. The molecule has 4 rings (SSSR count). The molecule has 1 amide bonds. The Morgan fingerprint density at radius 3 is 2.70 bits per heavy atom. The van der Waals surface area contributed by atoms with Gasteiger partial charge in [0.05, 0.1) is 26.7 Å². The molecule has 0 radical (unpaired) electrons. The van der Waals surface area contributed by atoms with E-state index in [9.17, 15) is 4.79 Å². The van der Waals surface area contributed by atoms with Gasteiger partial charge < -0.3 is 15.0 Å². The Bertz CT molecular complexity index is 1030. The van der Waals surface area contributed by atoms with Crippen molar-refractivity contribution in [1.29, 1.82) is 0 Å². The van der Waals surface area contributed by atoms with Crippen LogP contribution in [0.5, 0.6) is 5.75 Å². The molecular formula is C20H22Cl2N4O2S2. The van der Waals surface area contributed by atoms with Crippen molar-refractivity contribution in [2.75, 3.05) is 50.8 Å². The van der Waals surface area contributed by atoms with Crippen molar-refractivity contribution < 1.29 is 9.53 Å². The fourth-order valence-corrected chi connectivity index (χ4v) is 5.87. The van der Waals surface area contributed by atoms with Gasteiger partial charge in [-0.25, -0.2) is 4.98 Å². The molecule has 0 spiro atoms. The third kappa shape index (κ3) is 5.00. The average Bonchev–Trinajstić information content (AvgIpc) is 3.30. The smallest absolute Gasteiger partial charge is 0.253 e. The van der Waals surface area contributed by atoms with Crippen molar-refractivity contribution in [2.24, 2.45) is 0 Å². The van der Waals surface area contributed by atoms with E-state index in [1.165, 1.54) is 11.3 Å². The minimum atomic E-state index is -0.178. The number of anilines is 1. The molecule has 10 heteroatoms. The average molecular weight is 485 g/mol. The van der Waals surface area contributed by atoms with Gasteiger partial charge in [0.1, 0.15) is 10.1 Å². The maximum Gasteiger partial charge on any atom is 0.253 e. The summed E-state index contributed by atoms with van der Waals surface area (Å²) in [7, 11) is 0. The summed E-state index contributed by atoms with van der Waals surface area (Å²) in [6.45, 7) is 7.71. The SMILES string of the molecule is CCOc1ccc2nc(N3CCN(CCNC(=O)c4cc(Cl)sc4Cl)CC3)sc2c1. The highest BCUT2D eigenvalue weighted by molar-refractivity contribution is 7.22. The summed E-state index contributed by atoms with van der Waals surface area (Å²) >= 11 is 14.9. The molecule has 1 N–H and O–H groups in total. The number of nitrogens with zero attached hydrogens (tertiary/aromatic N) is 3. The minimum absolute atomic E-state index is 0.178. The molecule has 6 nitrogen and oxygen atoms in total. The molecule has 2 aromatic heterocycles. The van der Waals surface area contributed by atoms with E-state index < -0.39 is 0 Å². The maximum atomic E-state index is 12.2. The Labute approximate surface area is 193 Å². The number of nitrogens with one attached hydrogen (secondary N) is 1. The van der Waals surface area contributed by atoms with Crippen molar-refractivity contribution in [3.63, 3.8) is 0 Å². The van der Waals surface area contributed by atoms with Gasteiger partial charge in [0.25, 0.3) is 5.91 Å². The zero-order chi connectivity index (χ0) is 21.1. The van der Waals surface area contributed by atoms with Gasteiger partial charge in [0, 0.05) is 39.3 Å². The molecule has 0 atom stereocenters. The fourth-order valence-electron chi connectivity index (χ4n) is 3.37. The van der Waals surface area contributed by atoms with E-state index in [2.05, 4.69) is 21.2 Å². The van der Waals surface area contributed by atoms with Gasteiger partial charge in [-0.15, -0.1) is 11.3 Å². The number of thiazole rings is 1. The third-order valence-electron chi connectivity index (χ3n) is 4.92. The summed E-state index contributed by atoms with van der Waals surface area (Å²) in [6, 6.07) is 7.66. The lowest BCUT2D eigenvalue weighted by molar-refractivity contribution is 0.0948. The number of carbonyl (C=O) groups is 1. The van der Waals surface area contributed by atoms with Crippen molar-refractivity contribution in [3.8, 4) is 5.75 Å². The zero-order valence-corrected chi connectivity index (χ0v) is 19.6. The number of piperazine rings is 1. The number of amides is 1. The zero-order valence-electron chi connectivity index (χ0n) is 16.5. The number of hydrogen-bond acceptors (Lipinski definition) is 7. The quantitative estimate of drug-likeness (QED) is 0.530. The molecule has 1 saturated heterocycles. The molecular weight excluding hydrogens is 463 g/mol. The number of halogens is 2. The Kier molecular flexibility index (Phi) is 7.00. The standard InChI is InChI=1S/C20H22Cl2N4O2S2/c1-2-28-13-3-4-15-16(11-13)29-20(24-15)26-9-7-25(8-10-26)6-5-23-19(27)14-12-17(21)30-18(14)22/h3-4,11-12H,2,5-10H2,1H3,(H,23,27). The molecule has 3 heterocycles. The number of thiophene rings is 1. The van der Waals surface area contributed by atoms with Crippen LogP contribution in [0.2, 0.25) is 8.67 Å². The summed E-state index contributed by atoms with van der Waals surface area (Å²) in [5, 5.41) is 3.98. The first kappa shape index (κ1) is 21.6. The number of ether oxygens (including phenoxy) is 1. The molecule has 0 saturated carbocycles. The van der Waals surface area contributed by atoms with E-state index in [1.807, 2.05) is 19.1 Å². The number of benzene rings is 1. The summed E-state index contributed by atoms with van der Waals surface area (Å²) in [5.41, 5.74) is 1.45. The Balaban J connectivity index is 1.26. The van der Waals surface area contributed by atoms with Crippen LogP contribution in [0.4, 0.5) is 5.13 Å². The van der Waals surface area contributed by atoms with Crippen LogP contribution in [0.15, 0.2) is 24.3 Å². The van der Waals surface area contributed by atoms with Crippen LogP contribution in [0, 0.1) is 0 Å². The van der Waals surface area contributed by atoms with E-state index in [4.69, 9.17) is 32.9 Å². The van der Waals surface area contributed by atoms with Crippen LogP contribution in [-0.4, -0.2) is 61.7 Å². The molecule has 160 valence electrons. The maximum absolute atomic E-state index is 12.2. The molecule has 0 unspecified atom stereocenters. The van der Waals surface area contributed by atoms with Crippen molar-refractivity contribution in [1.82, 2.24) is 15.2 Å². The van der Waals surface area contributed by atoms with Gasteiger partial charge in [-0.05, 0) is 31.2 Å². The second-order valence-corrected chi connectivity index (χ2v) is 10.2. The topological polar surface area (TPSA) is 57.7 Å². The lowest BCUT2D eigenvalue weighted by Crippen LogP contribution is -2.48. The highest BCUT2D eigenvalue weighted by Crippen LogP contribution is 2.32. The summed E-state index contributed by atoms with van der Waals surface area (Å²) in [6.07, 6.45) is 0. The molecule has 30 heavy (non-hydrogen) atoms. The van der Waals surface area contributed by atoms with Crippen LogP contribution >= 0.6 is 45.9 Å². The van der Waals surface area contributed by atoms with Crippen LogP contribution in [-0.2, 0) is 0 Å². The number of hydrogen-bond donors (Lipinski definition) is 1. The van der Waals surface area contributed by atoms with Gasteiger partial charge in [-0.2, -0.15) is 0 Å². The fraction of sp³-hybridized carbons (Fsp3) is 0.400. The Hall–Kier alpha value is -1.58. The highest BCUT2D eigenvalue weighted by atomic mass is 35.5. The summed E-state index contributed by atoms with van der Waals surface area (Å²) in [4.78, 5) is 21.7. The highest BCUT2D eigenvalue weighted by Gasteiger charge is 2.20. The monoisotopic (exact) mass is 484 g/mol. The first-order chi connectivity index (χ1) is 14.5. The summed E-state index contributed by atoms with van der Waals surface area (Å²) in [5.74, 6) is 0.709. The lowest BCUT2D eigenvalue weighted by Gasteiger charge is -2.34. The van der Waals surface area contributed by atoms with Crippen molar-refractivity contribution >= 4 is 67.1 Å². The van der Waals surface area contributed by atoms with Crippen LogP contribution in [0.3, 0.4) is 0 Å². The molecule has 1 aliphatic heterocycles. The number of fused-ring (bicyclic) bond motifs is 1. The number of carbonyl (C=O) groups excluding carboxylic acids is 1. The Morgan fingerprint density at radius 2 is 2.00 bits per heavy atom. The van der Waals surface area contributed by atoms with Crippen LogP contribution in [0.1, 0.15) is 17.3 Å². The predicted molar refractivity (Wildman–Crippen MR) is 126 cm³/mol. The minimum Gasteiger partial charge on any atom is -0.494 e. The van der Waals surface area contributed by atoms with Crippen molar-refractivity contribution in [2.45, 2.75) is 6.92 Å². The summed E-state index contributed by atoms with van der Waals surface area (Å²) < 4.78 is 7.68. The molecule has 3 aromatic rings. The van der Waals surface area contributed by atoms with Gasteiger partial charge >= 0.3 is 0 Å². The third-order valence-corrected chi connectivity index (χ3v) is 7.48. The molecule has 0 aliphatic carbocycles. The largest absolute Gasteiger partial charge is 0.494 e. The second-order valence-electron chi connectivity index (χ2n) is 6.88. The first-order valence-corrected chi connectivity index (χ1v) is 12.2. The molecule has 1 aromatic carbocycles. The van der Waals surface area contributed by atoms with Crippen LogP contribution < -0.4 is 15.0 Å². The second kappa shape index (κ2) is 9.70. The van der Waals surface area contributed by atoms with E-state index in [1.54, 1.807) is 17.4 Å². The van der Waals surface area contributed by atoms with Crippen LogP contribution in [0.25, 0.3) is 10.2 Å². The van der Waals surface area contributed by atoms with Gasteiger partial charge in [-0.1, -0.05) is 34.5 Å². The van der Waals surface area contributed by atoms with Crippen molar-refractivity contribution in [3.05, 3.63) is 38.5 Å². The normalized spacial score (nSPS) is 15.0. The van der Waals surface area contributed by atoms with E-state index >= 15 is 0 Å². The molecule has 0 bridgehead atoms. The number of rotatable bonds is 7. The lowest BCUT2D eigenvalue weighted by atomic mass is 10.3. The first-order valence-electron chi connectivity index (χ1n) is 9.77. The predicted octanol–water partition coefficient (Wildman–Crippen LogP) is 4.62. The van der Waals surface area contributed by atoms with E-state index in [0.717, 1.165) is 53.8 Å². The van der Waals surface area contributed by atoms with Gasteiger partial charge in [0.15, 0.2) is 5.13 Å². The molecule has 1 aliphatic rings.